The maximum atomic E-state index is 12.3. The molecule has 0 amide bonds. The summed E-state index contributed by atoms with van der Waals surface area (Å²) in [6.45, 7) is 1.82. The Morgan fingerprint density at radius 2 is 1.82 bits per heavy atom. The predicted molar refractivity (Wildman–Crippen MR) is 65.4 cm³/mol. The molecule has 0 saturated heterocycles. The second kappa shape index (κ2) is 4.78. The summed E-state index contributed by atoms with van der Waals surface area (Å²) in [5.41, 5.74) is 1.89. The van der Waals surface area contributed by atoms with E-state index in [2.05, 4.69) is 4.98 Å². The highest BCUT2D eigenvalue weighted by Gasteiger charge is 2.15. The van der Waals surface area contributed by atoms with Crippen LogP contribution in [0.1, 0.15) is 21.6 Å². The number of carbonyl (C=O) groups excluding carboxylic acids is 1. The van der Waals surface area contributed by atoms with Gasteiger partial charge in [0.15, 0.2) is 5.78 Å². The molecular weight excluding hydrogens is 214 g/mol. The number of aromatic nitrogens is 1. The highest BCUT2D eigenvalue weighted by Crippen LogP contribution is 2.21. The Bertz CT molecular complexity index is 549. The Balaban J connectivity index is 2.48. The van der Waals surface area contributed by atoms with Gasteiger partial charge in [0.05, 0.1) is 12.7 Å². The number of hydrogen-bond donors (Lipinski definition) is 0. The van der Waals surface area contributed by atoms with E-state index in [1.807, 2.05) is 19.1 Å². The van der Waals surface area contributed by atoms with Gasteiger partial charge in [-0.25, -0.2) is 0 Å². The number of ether oxygens (including phenoxy) is 1. The molecule has 0 aliphatic rings. The molecule has 86 valence electrons. The standard InChI is InChI=1S/C14H13NO2/c1-10-11(7-5-9-15-10)14(16)12-6-3-4-8-13(12)17-2/h3-9H,1-2H3. The molecule has 17 heavy (non-hydrogen) atoms. The predicted octanol–water partition coefficient (Wildman–Crippen LogP) is 2.63. The molecule has 3 nitrogen and oxygen atoms in total. The number of hydrogen-bond acceptors (Lipinski definition) is 3. The van der Waals surface area contributed by atoms with Gasteiger partial charge in [-0.15, -0.1) is 0 Å². The van der Waals surface area contributed by atoms with Gasteiger partial charge >= 0.3 is 0 Å². The summed E-state index contributed by atoms with van der Waals surface area (Å²) in [4.78, 5) is 16.4. The zero-order chi connectivity index (χ0) is 12.3. The van der Waals surface area contributed by atoms with Crippen molar-refractivity contribution in [3.05, 3.63) is 59.4 Å². The molecule has 0 aliphatic carbocycles. The first-order valence-electron chi connectivity index (χ1n) is 5.33. The maximum Gasteiger partial charge on any atom is 0.198 e. The first kappa shape index (κ1) is 11.3. The summed E-state index contributed by atoms with van der Waals surface area (Å²) in [7, 11) is 1.56. The van der Waals surface area contributed by atoms with Gasteiger partial charge in [0, 0.05) is 17.5 Å². The molecule has 0 unspecified atom stereocenters. The molecule has 0 spiro atoms. The molecule has 0 fully saturated rings. The fourth-order valence-corrected chi connectivity index (χ4v) is 1.70. The van der Waals surface area contributed by atoms with E-state index < -0.39 is 0 Å². The molecular formula is C14H13NO2. The van der Waals surface area contributed by atoms with E-state index in [4.69, 9.17) is 4.74 Å². The summed E-state index contributed by atoms with van der Waals surface area (Å²) in [5, 5.41) is 0. The third-order valence-electron chi connectivity index (χ3n) is 2.60. The van der Waals surface area contributed by atoms with Gasteiger partial charge in [-0.3, -0.25) is 9.78 Å². The number of aryl methyl sites for hydroxylation is 1. The Hall–Kier alpha value is -2.16. The first-order valence-corrected chi connectivity index (χ1v) is 5.33. The van der Waals surface area contributed by atoms with Crippen LogP contribution >= 0.6 is 0 Å². The smallest absolute Gasteiger partial charge is 0.198 e. The van der Waals surface area contributed by atoms with Crippen molar-refractivity contribution in [3.63, 3.8) is 0 Å². The minimum absolute atomic E-state index is 0.0620. The van der Waals surface area contributed by atoms with Crippen LogP contribution in [0.5, 0.6) is 5.75 Å². The summed E-state index contributed by atoms with van der Waals surface area (Å²) in [6.07, 6.45) is 1.67. The molecule has 3 heteroatoms. The first-order chi connectivity index (χ1) is 8.24. The molecule has 1 heterocycles. The minimum atomic E-state index is -0.0620. The lowest BCUT2D eigenvalue weighted by Gasteiger charge is -2.08. The number of pyridine rings is 1. The Kier molecular flexibility index (Phi) is 3.19. The van der Waals surface area contributed by atoms with Crippen LogP contribution in [0.15, 0.2) is 42.6 Å². The van der Waals surface area contributed by atoms with Gasteiger partial charge in [-0.05, 0) is 31.2 Å². The zero-order valence-corrected chi connectivity index (χ0v) is 9.81. The molecule has 0 N–H and O–H groups in total. The summed E-state index contributed by atoms with van der Waals surface area (Å²) < 4.78 is 5.19. The SMILES string of the molecule is COc1ccccc1C(=O)c1cccnc1C. The quantitative estimate of drug-likeness (QED) is 0.757. The lowest BCUT2D eigenvalue weighted by atomic mass is 10.0. The van der Waals surface area contributed by atoms with Gasteiger partial charge in [0.1, 0.15) is 5.75 Å². The van der Waals surface area contributed by atoms with Crippen LogP contribution in [0.2, 0.25) is 0 Å². The van der Waals surface area contributed by atoms with Crippen LogP contribution in [0.3, 0.4) is 0 Å². The zero-order valence-electron chi connectivity index (χ0n) is 9.81. The van der Waals surface area contributed by atoms with Crippen molar-refractivity contribution in [1.82, 2.24) is 4.98 Å². The number of nitrogens with zero attached hydrogens (tertiary/aromatic N) is 1. The van der Waals surface area contributed by atoms with Crippen molar-refractivity contribution in [2.24, 2.45) is 0 Å². The molecule has 2 rings (SSSR count). The van der Waals surface area contributed by atoms with Crippen molar-refractivity contribution in [1.29, 1.82) is 0 Å². The molecule has 1 aromatic heterocycles. The van der Waals surface area contributed by atoms with Gasteiger partial charge in [0.2, 0.25) is 0 Å². The van der Waals surface area contributed by atoms with Crippen molar-refractivity contribution in [3.8, 4) is 5.75 Å². The van der Waals surface area contributed by atoms with Crippen molar-refractivity contribution < 1.29 is 9.53 Å². The molecule has 1 aromatic carbocycles. The van der Waals surface area contributed by atoms with E-state index in [1.165, 1.54) is 0 Å². The van der Waals surface area contributed by atoms with E-state index in [0.29, 0.717) is 16.9 Å². The fraction of sp³-hybridized carbons (Fsp3) is 0.143. The van der Waals surface area contributed by atoms with Crippen LogP contribution in [0.4, 0.5) is 0 Å². The number of methoxy groups -OCH3 is 1. The van der Waals surface area contributed by atoms with Gasteiger partial charge in [0.25, 0.3) is 0 Å². The third-order valence-corrected chi connectivity index (χ3v) is 2.60. The molecule has 0 bridgehead atoms. The third kappa shape index (κ3) is 2.18. The van der Waals surface area contributed by atoms with Crippen LogP contribution in [-0.4, -0.2) is 17.9 Å². The Morgan fingerprint density at radius 1 is 1.12 bits per heavy atom. The number of benzene rings is 1. The second-order valence-electron chi connectivity index (χ2n) is 3.67. The molecule has 0 saturated carbocycles. The van der Waals surface area contributed by atoms with Crippen LogP contribution < -0.4 is 4.74 Å². The topological polar surface area (TPSA) is 39.2 Å². The lowest BCUT2D eigenvalue weighted by Crippen LogP contribution is -2.06. The Labute approximate surface area is 100 Å². The average Bonchev–Trinajstić information content (AvgIpc) is 2.38. The number of carbonyl (C=O) groups is 1. The largest absolute Gasteiger partial charge is 0.496 e. The van der Waals surface area contributed by atoms with Crippen molar-refractivity contribution >= 4 is 5.78 Å². The molecule has 0 atom stereocenters. The van der Waals surface area contributed by atoms with Crippen LogP contribution in [-0.2, 0) is 0 Å². The highest BCUT2D eigenvalue weighted by molar-refractivity contribution is 6.11. The van der Waals surface area contributed by atoms with Gasteiger partial charge in [-0.2, -0.15) is 0 Å². The van der Waals surface area contributed by atoms with Crippen molar-refractivity contribution in [2.75, 3.05) is 7.11 Å². The highest BCUT2D eigenvalue weighted by atomic mass is 16.5. The van der Waals surface area contributed by atoms with Crippen molar-refractivity contribution in [2.45, 2.75) is 6.92 Å². The summed E-state index contributed by atoms with van der Waals surface area (Å²) >= 11 is 0. The number of ketones is 1. The molecule has 0 radical (unpaired) electrons. The second-order valence-corrected chi connectivity index (χ2v) is 3.67. The monoisotopic (exact) mass is 227 g/mol. The van der Waals surface area contributed by atoms with E-state index in [-0.39, 0.29) is 5.78 Å². The van der Waals surface area contributed by atoms with Gasteiger partial charge in [-0.1, -0.05) is 12.1 Å². The lowest BCUT2D eigenvalue weighted by molar-refractivity contribution is 0.103. The molecule has 0 aliphatic heterocycles. The van der Waals surface area contributed by atoms with E-state index in [0.717, 1.165) is 5.69 Å². The van der Waals surface area contributed by atoms with Crippen LogP contribution in [0.25, 0.3) is 0 Å². The average molecular weight is 227 g/mol. The maximum absolute atomic E-state index is 12.3. The van der Waals surface area contributed by atoms with Crippen LogP contribution in [0, 0.1) is 6.92 Å². The van der Waals surface area contributed by atoms with Gasteiger partial charge < -0.3 is 4.74 Å². The summed E-state index contributed by atoms with van der Waals surface area (Å²) in [6, 6.07) is 10.7. The molecule has 2 aromatic rings. The minimum Gasteiger partial charge on any atom is -0.496 e. The Morgan fingerprint density at radius 3 is 2.53 bits per heavy atom. The van der Waals surface area contributed by atoms with E-state index in [9.17, 15) is 4.79 Å². The fourth-order valence-electron chi connectivity index (χ4n) is 1.70. The summed E-state index contributed by atoms with van der Waals surface area (Å²) in [5.74, 6) is 0.522. The van der Waals surface area contributed by atoms with E-state index >= 15 is 0 Å². The number of para-hydroxylation sites is 1. The normalized spacial score (nSPS) is 10.0. The van der Waals surface area contributed by atoms with E-state index in [1.54, 1.807) is 37.6 Å². The number of rotatable bonds is 3.